The monoisotopic (exact) mass is 315 g/mol. The SMILES string of the molecule is CCCNC(=O)N1CCN(c2ccc(Cl)c(Cl)c2)CC1. The predicted molar refractivity (Wildman–Crippen MR) is 83.9 cm³/mol. The number of carbonyl (C=O) groups excluding carboxylic acids is 1. The van der Waals surface area contributed by atoms with Crippen molar-refractivity contribution in [2.75, 3.05) is 37.6 Å². The van der Waals surface area contributed by atoms with Crippen molar-refractivity contribution in [1.82, 2.24) is 10.2 Å². The Morgan fingerprint density at radius 3 is 2.50 bits per heavy atom. The molecule has 1 aromatic carbocycles. The molecule has 20 heavy (non-hydrogen) atoms. The van der Waals surface area contributed by atoms with E-state index in [9.17, 15) is 4.79 Å². The van der Waals surface area contributed by atoms with Crippen molar-refractivity contribution in [3.63, 3.8) is 0 Å². The third-order valence-electron chi connectivity index (χ3n) is 3.36. The van der Waals surface area contributed by atoms with Crippen LogP contribution in [0.4, 0.5) is 10.5 Å². The highest BCUT2D eigenvalue weighted by atomic mass is 35.5. The summed E-state index contributed by atoms with van der Waals surface area (Å²) in [5.74, 6) is 0. The summed E-state index contributed by atoms with van der Waals surface area (Å²) in [7, 11) is 0. The summed E-state index contributed by atoms with van der Waals surface area (Å²) >= 11 is 12.0. The average molecular weight is 316 g/mol. The van der Waals surface area contributed by atoms with Crippen LogP contribution < -0.4 is 10.2 Å². The van der Waals surface area contributed by atoms with Gasteiger partial charge in [0.05, 0.1) is 10.0 Å². The van der Waals surface area contributed by atoms with Crippen LogP contribution >= 0.6 is 23.2 Å². The van der Waals surface area contributed by atoms with Gasteiger partial charge in [0.1, 0.15) is 0 Å². The van der Waals surface area contributed by atoms with Gasteiger partial charge >= 0.3 is 6.03 Å². The van der Waals surface area contributed by atoms with E-state index >= 15 is 0 Å². The fraction of sp³-hybridized carbons (Fsp3) is 0.500. The molecule has 6 heteroatoms. The molecule has 0 aliphatic carbocycles. The second-order valence-electron chi connectivity index (χ2n) is 4.80. The Labute approximate surface area is 129 Å². The zero-order valence-corrected chi connectivity index (χ0v) is 13.0. The molecule has 1 aliphatic rings. The molecule has 0 saturated carbocycles. The van der Waals surface area contributed by atoms with Crippen LogP contribution in [0.2, 0.25) is 10.0 Å². The van der Waals surface area contributed by atoms with Gasteiger partial charge in [-0.2, -0.15) is 0 Å². The Hall–Kier alpha value is -1.13. The lowest BCUT2D eigenvalue weighted by molar-refractivity contribution is 0.194. The van der Waals surface area contributed by atoms with Gasteiger partial charge in [-0.1, -0.05) is 30.1 Å². The van der Waals surface area contributed by atoms with Crippen molar-refractivity contribution >= 4 is 34.9 Å². The topological polar surface area (TPSA) is 35.6 Å². The molecule has 4 nitrogen and oxygen atoms in total. The summed E-state index contributed by atoms with van der Waals surface area (Å²) in [6.45, 7) is 5.81. The number of rotatable bonds is 3. The van der Waals surface area contributed by atoms with E-state index in [4.69, 9.17) is 23.2 Å². The van der Waals surface area contributed by atoms with E-state index in [1.54, 1.807) is 6.07 Å². The van der Waals surface area contributed by atoms with E-state index in [0.29, 0.717) is 10.0 Å². The van der Waals surface area contributed by atoms with Gasteiger partial charge in [-0.15, -0.1) is 0 Å². The number of hydrogen-bond acceptors (Lipinski definition) is 2. The molecule has 1 aromatic rings. The van der Waals surface area contributed by atoms with E-state index in [0.717, 1.165) is 44.8 Å². The molecule has 1 N–H and O–H groups in total. The van der Waals surface area contributed by atoms with Crippen molar-refractivity contribution in [3.05, 3.63) is 28.2 Å². The van der Waals surface area contributed by atoms with Gasteiger partial charge in [0.25, 0.3) is 0 Å². The molecule has 1 fully saturated rings. The molecule has 2 rings (SSSR count). The van der Waals surface area contributed by atoms with Gasteiger partial charge in [0.15, 0.2) is 0 Å². The minimum absolute atomic E-state index is 0.0284. The third kappa shape index (κ3) is 3.70. The number of hydrogen-bond donors (Lipinski definition) is 1. The number of carbonyl (C=O) groups is 1. The van der Waals surface area contributed by atoms with Crippen molar-refractivity contribution < 1.29 is 4.79 Å². The Bertz CT molecular complexity index is 473. The maximum atomic E-state index is 11.9. The van der Waals surface area contributed by atoms with Crippen molar-refractivity contribution in [2.24, 2.45) is 0 Å². The molecule has 0 unspecified atom stereocenters. The highest BCUT2D eigenvalue weighted by Gasteiger charge is 2.21. The minimum Gasteiger partial charge on any atom is -0.368 e. The molecule has 2 amide bonds. The van der Waals surface area contributed by atoms with Gasteiger partial charge in [-0.3, -0.25) is 0 Å². The van der Waals surface area contributed by atoms with E-state index in [-0.39, 0.29) is 6.03 Å². The van der Waals surface area contributed by atoms with Crippen LogP contribution in [0, 0.1) is 0 Å². The second-order valence-corrected chi connectivity index (χ2v) is 5.62. The Kier molecular flexibility index (Phi) is 5.38. The smallest absolute Gasteiger partial charge is 0.317 e. The summed E-state index contributed by atoms with van der Waals surface area (Å²) < 4.78 is 0. The van der Waals surface area contributed by atoms with Crippen molar-refractivity contribution in [3.8, 4) is 0 Å². The van der Waals surface area contributed by atoms with Crippen LogP contribution in [-0.4, -0.2) is 43.7 Å². The van der Waals surface area contributed by atoms with Gasteiger partial charge in [0.2, 0.25) is 0 Å². The number of halogens is 2. The van der Waals surface area contributed by atoms with Crippen LogP contribution in [0.3, 0.4) is 0 Å². The fourth-order valence-electron chi connectivity index (χ4n) is 2.19. The summed E-state index contributed by atoms with van der Waals surface area (Å²) in [5.41, 5.74) is 1.05. The maximum Gasteiger partial charge on any atom is 0.317 e. The molecular weight excluding hydrogens is 297 g/mol. The number of nitrogens with one attached hydrogen (secondary N) is 1. The van der Waals surface area contributed by atoms with Crippen LogP contribution in [0.15, 0.2) is 18.2 Å². The van der Waals surface area contributed by atoms with Crippen molar-refractivity contribution in [2.45, 2.75) is 13.3 Å². The minimum atomic E-state index is 0.0284. The third-order valence-corrected chi connectivity index (χ3v) is 4.10. The van der Waals surface area contributed by atoms with E-state index < -0.39 is 0 Å². The molecule has 0 aromatic heterocycles. The van der Waals surface area contributed by atoms with Crippen LogP contribution in [0.5, 0.6) is 0 Å². The first-order chi connectivity index (χ1) is 9.61. The predicted octanol–water partition coefficient (Wildman–Crippen LogP) is 3.24. The van der Waals surface area contributed by atoms with Crippen molar-refractivity contribution in [1.29, 1.82) is 0 Å². The molecule has 0 spiro atoms. The first kappa shape index (κ1) is 15.3. The quantitative estimate of drug-likeness (QED) is 0.929. The zero-order chi connectivity index (χ0) is 14.5. The molecule has 0 bridgehead atoms. The number of anilines is 1. The van der Waals surface area contributed by atoms with Gasteiger partial charge < -0.3 is 15.1 Å². The Morgan fingerprint density at radius 2 is 1.90 bits per heavy atom. The average Bonchev–Trinajstić information content (AvgIpc) is 2.48. The standard InChI is InChI=1S/C14H19Cl2N3O/c1-2-5-17-14(20)19-8-6-18(7-9-19)11-3-4-12(15)13(16)10-11/h3-4,10H,2,5-9H2,1H3,(H,17,20). The molecule has 1 saturated heterocycles. The van der Waals surface area contributed by atoms with Crippen LogP contribution in [0.25, 0.3) is 0 Å². The second kappa shape index (κ2) is 7.04. The number of benzene rings is 1. The Balaban J connectivity index is 1.90. The van der Waals surface area contributed by atoms with E-state index in [1.807, 2.05) is 24.0 Å². The summed E-state index contributed by atoms with van der Waals surface area (Å²) in [6.07, 6.45) is 0.953. The summed E-state index contributed by atoms with van der Waals surface area (Å²) in [6, 6.07) is 5.66. The summed E-state index contributed by atoms with van der Waals surface area (Å²) in [4.78, 5) is 15.9. The Morgan fingerprint density at radius 1 is 1.20 bits per heavy atom. The maximum absolute atomic E-state index is 11.9. The highest BCUT2D eigenvalue weighted by molar-refractivity contribution is 6.42. The first-order valence-corrected chi connectivity index (χ1v) is 7.60. The number of urea groups is 1. The molecule has 0 radical (unpaired) electrons. The molecule has 0 atom stereocenters. The lowest BCUT2D eigenvalue weighted by Crippen LogP contribution is -2.52. The number of nitrogens with zero attached hydrogens (tertiary/aromatic N) is 2. The molecule has 1 heterocycles. The highest BCUT2D eigenvalue weighted by Crippen LogP contribution is 2.27. The van der Waals surface area contributed by atoms with Crippen LogP contribution in [-0.2, 0) is 0 Å². The molecule has 1 aliphatic heterocycles. The lowest BCUT2D eigenvalue weighted by Gasteiger charge is -2.36. The zero-order valence-electron chi connectivity index (χ0n) is 11.5. The van der Waals surface area contributed by atoms with Gasteiger partial charge in [-0.25, -0.2) is 4.79 Å². The van der Waals surface area contributed by atoms with Gasteiger partial charge in [0, 0.05) is 38.4 Å². The number of amides is 2. The molecule has 110 valence electrons. The molecular formula is C14H19Cl2N3O. The lowest BCUT2D eigenvalue weighted by atomic mass is 10.2. The van der Waals surface area contributed by atoms with E-state index in [2.05, 4.69) is 10.2 Å². The van der Waals surface area contributed by atoms with Gasteiger partial charge in [-0.05, 0) is 24.6 Å². The first-order valence-electron chi connectivity index (χ1n) is 6.84. The largest absolute Gasteiger partial charge is 0.368 e. The normalized spacial score (nSPS) is 15.3. The van der Waals surface area contributed by atoms with E-state index in [1.165, 1.54) is 0 Å². The summed E-state index contributed by atoms with van der Waals surface area (Å²) in [5, 5.41) is 4.03. The number of piperazine rings is 1. The fourth-order valence-corrected chi connectivity index (χ4v) is 2.49. The van der Waals surface area contributed by atoms with Crippen LogP contribution in [0.1, 0.15) is 13.3 Å².